The van der Waals surface area contributed by atoms with Crippen LogP contribution in [0.5, 0.6) is 0 Å². The predicted molar refractivity (Wildman–Crippen MR) is 42.2 cm³/mol. The van der Waals surface area contributed by atoms with Gasteiger partial charge in [0.2, 0.25) is 0 Å². The second kappa shape index (κ2) is 3.06. The Bertz CT molecular complexity index is 130. The Balaban J connectivity index is 1.76. The van der Waals surface area contributed by atoms with Crippen molar-refractivity contribution in [1.29, 1.82) is 0 Å². The summed E-state index contributed by atoms with van der Waals surface area (Å²) in [6.07, 6.45) is 0.367. The third kappa shape index (κ3) is 1.54. The van der Waals surface area contributed by atoms with E-state index in [0.717, 1.165) is 32.7 Å². The Morgan fingerprint density at radius 3 is 2.64 bits per heavy atom. The highest BCUT2D eigenvalue weighted by molar-refractivity contribution is 4.86. The molecule has 2 rings (SSSR count). The number of likely N-dealkylation sites (tertiary alicyclic amines) is 1. The van der Waals surface area contributed by atoms with E-state index in [1.165, 1.54) is 0 Å². The lowest BCUT2D eigenvalue weighted by molar-refractivity contribution is -0.0360. The van der Waals surface area contributed by atoms with Gasteiger partial charge in [-0.05, 0) is 0 Å². The number of piperazine rings is 1. The maximum Gasteiger partial charge on any atom is 0.0795 e. The highest BCUT2D eigenvalue weighted by Crippen LogP contribution is 2.10. The predicted octanol–water partition coefficient (Wildman–Crippen LogP) is -1.82. The number of nitrogens with zero attached hydrogens (tertiary/aromatic N) is 1. The van der Waals surface area contributed by atoms with Crippen molar-refractivity contribution >= 4 is 0 Å². The summed E-state index contributed by atoms with van der Waals surface area (Å²) in [6, 6.07) is 0. The molecule has 4 heteroatoms. The summed E-state index contributed by atoms with van der Waals surface area (Å²) in [7, 11) is 0. The van der Waals surface area contributed by atoms with E-state index in [-0.39, 0.29) is 6.10 Å². The minimum Gasteiger partial charge on any atom is -0.390 e. The lowest BCUT2D eigenvalue weighted by Crippen LogP contribution is -2.65. The number of aliphatic hydroxyl groups is 1. The number of rotatable bonds is 1. The Hall–Kier alpha value is -0.160. The van der Waals surface area contributed by atoms with Crippen LogP contribution in [0.1, 0.15) is 0 Å². The maximum absolute atomic E-state index is 9.06. The quantitative estimate of drug-likeness (QED) is 0.419. The van der Waals surface area contributed by atoms with E-state index in [1.807, 2.05) is 0 Å². The van der Waals surface area contributed by atoms with Crippen molar-refractivity contribution in [3.63, 3.8) is 0 Å². The Morgan fingerprint density at radius 2 is 2.09 bits per heavy atom. The molecule has 1 atom stereocenters. The van der Waals surface area contributed by atoms with E-state index in [9.17, 15) is 0 Å². The van der Waals surface area contributed by atoms with Gasteiger partial charge < -0.3 is 10.4 Å². The minimum absolute atomic E-state index is 0.0845. The second-order valence-corrected chi connectivity index (χ2v) is 3.28. The fourth-order valence-corrected chi connectivity index (χ4v) is 1.64. The van der Waals surface area contributed by atoms with Gasteiger partial charge in [-0.1, -0.05) is 0 Å². The van der Waals surface area contributed by atoms with Crippen LogP contribution in [0.4, 0.5) is 0 Å². The third-order valence-corrected chi connectivity index (χ3v) is 2.35. The molecule has 2 aliphatic rings. The van der Waals surface area contributed by atoms with Crippen molar-refractivity contribution in [2.75, 3.05) is 32.7 Å². The zero-order valence-electron chi connectivity index (χ0n) is 6.58. The molecule has 0 aliphatic carbocycles. The molecule has 0 aromatic carbocycles. The molecule has 0 spiro atoms. The molecule has 2 fully saturated rings. The molecule has 0 saturated carbocycles. The van der Waals surface area contributed by atoms with Crippen LogP contribution in [-0.2, 0) is 0 Å². The number of hydrogen-bond acceptors (Lipinski definition) is 4. The van der Waals surface area contributed by atoms with Crippen LogP contribution in [0.3, 0.4) is 0 Å². The molecule has 4 nitrogen and oxygen atoms in total. The molecule has 0 amide bonds. The van der Waals surface area contributed by atoms with Crippen LogP contribution < -0.4 is 10.6 Å². The van der Waals surface area contributed by atoms with Crippen LogP contribution in [0.2, 0.25) is 0 Å². The minimum atomic E-state index is -0.0845. The van der Waals surface area contributed by atoms with Crippen LogP contribution in [0, 0.1) is 0 Å². The average molecular weight is 157 g/mol. The van der Waals surface area contributed by atoms with Crippen LogP contribution in [-0.4, -0.2) is 55.0 Å². The fraction of sp³-hybridized carbons (Fsp3) is 1.00. The van der Waals surface area contributed by atoms with E-state index < -0.39 is 0 Å². The Kier molecular flexibility index (Phi) is 2.09. The van der Waals surface area contributed by atoms with Gasteiger partial charge in [-0.25, -0.2) is 0 Å². The van der Waals surface area contributed by atoms with Gasteiger partial charge in [0, 0.05) is 32.7 Å². The smallest absolute Gasteiger partial charge is 0.0795 e. The first-order valence-corrected chi connectivity index (χ1v) is 4.22. The maximum atomic E-state index is 9.06. The monoisotopic (exact) mass is 157 g/mol. The molecule has 0 radical (unpaired) electrons. The molecular weight excluding hydrogens is 142 g/mol. The summed E-state index contributed by atoms with van der Waals surface area (Å²) in [4.78, 5) is 2.26. The van der Waals surface area contributed by atoms with Gasteiger partial charge in [0.1, 0.15) is 0 Å². The fourth-order valence-electron chi connectivity index (χ4n) is 1.64. The zero-order chi connectivity index (χ0) is 7.68. The first-order valence-electron chi connectivity index (χ1n) is 4.22. The zero-order valence-corrected chi connectivity index (χ0v) is 6.58. The van der Waals surface area contributed by atoms with E-state index in [0.29, 0.717) is 6.17 Å². The van der Waals surface area contributed by atoms with Gasteiger partial charge >= 0.3 is 0 Å². The van der Waals surface area contributed by atoms with Gasteiger partial charge in [-0.15, -0.1) is 0 Å². The summed E-state index contributed by atoms with van der Waals surface area (Å²) in [5.41, 5.74) is 0. The van der Waals surface area contributed by atoms with Crippen molar-refractivity contribution in [3.05, 3.63) is 0 Å². The van der Waals surface area contributed by atoms with Crippen molar-refractivity contribution in [1.82, 2.24) is 15.5 Å². The molecule has 0 aromatic heterocycles. The van der Waals surface area contributed by atoms with Gasteiger partial charge in [-0.2, -0.15) is 0 Å². The standard InChI is InChI=1S/C7H15N3O/c11-6-4-10(5-6)7-3-8-1-2-9-7/h6-9,11H,1-5H2. The molecule has 3 N–H and O–H groups in total. The van der Waals surface area contributed by atoms with Gasteiger partial charge in [-0.3, -0.25) is 10.2 Å². The van der Waals surface area contributed by atoms with Crippen LogP contribution in [0.25, 0.3) is 0 Å². The summed E-state index contributed by atoms with van der Waals surface area (Å²) in [5, 5.41) is 15.8. The second-order valence-electron chi connectivity index (χ2n) is 3.28. The molecule has 0 aromatic rings. The highest BCUT2D eigenvalue weighted by atomic mass is 16.3. The number of aliphatic hydroxyl groups excluding tert-OH is 1. The average Bonchev–Trinajstić information content (AvgIpc) is 2.01. The lowest BCUT2D eigenvalue weighted by atomic mass is 10.1. The molecule has 2 heterocycles. The molecule has 1 unspecified atom stereocenters. The summed E-state index contributed by atoms with van der Waals surface area (Å²) in [6.45, 7) is 4.77. The molecule has 64 valence electrons. The normalized spacial score (nSPS) is 35.2. The van der Waals surface area contributed by atoms with Crippen LogP contribution in [0.15, 0.2) is 0 Å². The molecule has 2 saturated heterocycles. The topological polar surface area (TPSA) is 47.5 Å². The first kappa shape index (κ1) is 7.49. The number of β-amino-alcohol motifs (C(OH)–C–C–N with tert-alkyl or cyclic N) is 1. The van der Waals surface area contributed by atoms with E-state index in [4.69, 9.17) is 5.11 Å². The van der Waals surface area contributed by atoms with Crippen molar-refractivity contribution in [3.8, 4) is 0 Å². The van der Waals surface area contributed by atoms with E-state index in [2.05, 4.69) is 15.5 Å². The SMILES string of the molecule is OC1CN(C2CNCCN2)C1. The Morgan fingerprint density at radius 1 is 1.27 bits per heavy atom. The Labute approximate surface area is 66.6 Å². The summed E-state index contributed by atoms with van der Waals surface area (Å²) < 4.78 is 0. The van der Waals surface area contributed by atoms with Gasteiger partial charge in [0.05, 0.1) is 12.3 Å². The summed E-state index contributed by atoms with van der Waals surface area (Å²) >= 11 is 0. The first-order chi connectivity index (χ1) is 5.36. The van der Waals surface area contributed by atoms with Crippen molar-refractivity contribution < 1.29 is 5.11 Å². The molecular formula is C7H15N3O. The third-order valence-electron chi connectivity index (χ3n) is 2.35. The van der Waals surface area contributed by atoms with Gasteiger partial charge in [0.25, 0.3) is 0 Å². The molecule has 0 bridgehead atoms. The van der Waals surface area contributed by atoms with E-state index >= 15 is 0 Å². The number of nitrogens with one attached hydrogen (secondary N) is 2. The highest BCUT2D eigenvalue weighted by Gasteiger charge is 2.31. The lowest BCUT2D eigenvalue weighted by Gasteiger charge is -2.43. The van der Waals surface area contributed by atoms with Gasteiger partial charge in [0.15, 0.2) is 0 Å². The largest absolute Gasteiger partial charge is 0.390 e. The molecule has 2 aliphatic heterocycles. The molecule has 11 heavy (non-hydrogen) atoms. The van der Waals surface area contributed by atoms with Crippen molar-refractivity contribution in [2.24, 2.45) is 0 Å². The summed E-state index contributed by atoms with van der Waals surface area (Å²) in [5.74, 6) is 0. The van der Waals surface area contributed by atoms with E-state index in [1.54, 1.807) is 0 Å². The van der Waals surface area contributed by atoms with Crippen molar-refractivity contribution in [2.45, 2.75) is 12.3 Å². The van der Waals surface area contributed by atoms with Crippen LogP contribution >= 0.6 is 0 Å². The number of hydrogen-bond donors (Lipinski definition) is 3.